The third-order valence-electron chi connectivity index (χ3n) is 5.92. The van der Waals surface area contributed by atoms with E-state index in [0.717, 1.165) is 51.7 Å². The number of hydrogen-bond acceptors (Lipinski definition) is 4. The minimum absolute atomic E-state index is 0. The summed E-state index contributed by atoms with van der Waals surface area (Å²) in [7, 11) is 0. The average Bonchev–Trinajstić information content (AvgIpc) is 3.34. The quantitative estimate of drug-likeness (QED) is 0.887. The summed E-state index contributed by atoms with van der Waals surface area (Å²) >= 11 is 0. The second-order valence-corrected chi connectivity index (χ2v) is 7.45. The Labute approximate surface area is 156 Å². The van der Waals surface area contributed by atoms with E-state index in [1.165, 1.54) is 32.1 Å². The molecule has 1 aromatic heterocycles. The van der Waals surface area contributed by atoms with Crippen molar-refractivity contribution >= 4 is 18.3 Å². The first-order valence-corrected chi connectivity index (χ1v) is 9.60. The second kappa shape index (κ2) is 8.52. The van der Waals surface area contributed by atoms with Crippen LogP contribution < -0.4 is 5.32 Å². The zero-order valence-electron chi connectivity index (χ0n) is 14.9. The van der Waals surface area contributed by atoms with Crippen molar-refractivity contribution in [1.29, 1.82) is 0 Å². The van der Waals surface area contributed by atoms with Crippen LogP contribution in [0.15, 0.2) is 12.3 Å². The van der Waals surface area contributed by atoms with Crippen LogP contribution in [0.2, 0.25) is 0 Å². The molecular weight excluding hydrogens is 338 g/mol. The number of nitrogens with one attached hydrogen (secondary N) is 1. The summed E-state index contributed by atoms with van der Waals surface area (Å²) in [5, 5.41) is 7.98. The first-order valence-electron chi connectivity index (χ1n) is 9.60. The van der Waals surface area contributed by atoms with E-state index < -0.39 is 0 Å². The van der Waals surface area contributed by atoms with Crippen molar-refractivity contribution in [1.82, 2.24) is 24.9 Å². The highest BCUT2D eigenvalue weighted by molar-refractivity contribution is 5.92. The van der Waals surface area contributed by atoms with Crippen molar-refractivity contribution in [2.75, 3.05) is 39.3 Å². The molecule has 2 aliphatic heterocycles. The van der Waals surface area contributed by atoms with Crippen LogP contribution in [0.25, 0.3) is 0 Å². The van der Waals surface area contributed by atoms with E-state index in [4.69, 9.17) is 0 Å². The molecule has 25 heavy (non-hydrogen) atoms. The highest BCUT2D eigenvalue weighted by Crippen LogP contribution is 2.24. The lowest BCUT2D eigenvalue weighted by Gasteiger charge is -2.37. The number of halogens is 1. The van der Waals surface area contributed by atoms with E-state index in [9.17, 15) is 4.79 Å². The van der Waals surface area contributed by atoms with Gasteiger partial charge in [0.2, 0.25) is 0 Å². The minimum atomic E-state index is 0. The van der Waals surface area contributed by atoms with Gasteiger partial charge in [-0.1, -0.05) is 12.8 Å². The van der Waals surface area contributed by atoms with E-state index in [-0.39, 0.29) is 18.3 Å². The number of rotatable bonds is 3. The van der Waals surface area contributed by atoms with E-state index in [1.807, 2.05) is 21.8 Å². The van der Waals surface area contributed by atoms with Crippen LogP contribution >= 0.6 is 12.4 Å². The molecule has 3 aliphatic rings. The Hall–Kier alpha value is -1.11. The molecular formula is C18H30ClN5O. The molecule has 0 bridgehead atoms. The smallest absolute Gasteiger partial charge is 0.274 e. The van der Waals surface area contributed by atoms with Crippen molar-refractivity contribution in [3.63, 3.8) is 0 Å². The van der Waals surface area contributed by atoms with Crippen LogP contribution in [0.5, 0.6) is 0 Å². The lowest BCUT2D eigenvalue weighted by molar-refractivity contribution is 0.0566. The summed E-state index contributed by atoms with van der Waals surface area (Å²) in [6, 6.07) is 3.04. The molecule has 0 radical (unpaired) electrons. The Morgan fingerprint density at radius 3 is 2.44 bits per heavy atom. The van der Waals surface area contributed by atoms with Crippen LogP contribution in [0.4, 0.5) is 0 Å². The van der Waals surface area contributed by atoms with Crippen LogP contribution in [-0.4, -0.2) is 70.8 Å². The van der Waals surface area contributed by atoms with E-state index in [2.05, 4.69) is 15.3 Å². The number of carbonyl (C=O) groups excluding carboxylic acids is 1. The Morgan fingerprint density at radius 2 is 1.76 bits per heavy atom. The highest BCUT2D eigenvalue weighted by atomic mass is 35.5. The molecule has 6 nitrogen and oxygen atoms in total. The summed E-state index contributed by atoms with van der Waals surface area (Å²) in [6.07, 6.45) is 9.72. The van der Waals surface area contributed by atoms with Crippen molar-refractivity contribution in [2.45, 2.75) is 50.6 Å². The Morgan fingerprint density at radius 1 is 1.04 bits per heavy atom. The van der Waals surface area contributed by atoms with Gasteiger partial charge < -0.3 is 10.2 Å². The van der Waals surface area contributed by atoms with Crippen LogP contribution in [-0.2, 0) is 0 Å². The molecule has 1 amide bonds. The zero-order valence-corrected chi connectivity index (χ0v) is 15.7. The van der Waals surface area contributed by atoms with Gasteiger partial charge in [-0.3, -0.25) is 14.4 Å². The first-order chi connectivity index (χ1) is 11.8. The molecule has 1 saturated carbocycles. The van der Waals surface area contributed by atoms with Gasteiger partial charge in [-0.25, -0.2) is 0 Å². The number of nitrogens with zero attached hydrogens (tertiary/aromatic N) is 4. The van der Waals surface area contributed by atoms with Crippen LogP contribution in [0.3, 0.4) is 0 Å². The fourth-order valence-electron chi connectivity index (χ4n) is 4.44. The van der Waals surface area contributed by atoms with E-state index in [0.29, 0.717) is 11.7 Å². The maximum atomic E-state index is 12.7. The van der Waals surface area contributed by atoms with Gasteiger partial charge in [0.25, 0.3) is 5.91 Å². The molecule has 2 saturated heterocycles. The average molecular weight is 368 g/mol. The number of piperazine rings is 1. The third kappa shape index (κ3) is 4.18. The Balaban J connectivity index is 0.00000182. The topological polar surface area (TPSA) is 53.4 Å². The molecule has 1 unspecified atom stereocenters. The van der Waals surface area contributed by atoms with Crippen LogP contribution in [0, 0.1) is 0 Å². The maximum absolute atomic E-state index is 12.7. The minimum Gasteiger partial charge on any atom is -0.335 e. The van der Waals surface area contributed by atoms with Gasteiger partial charge in [0.15, 0.2) is 0 Å². The number of amides is 1. The van der Waals surface area contributed by atoms with Crippen molar-refractivity contribution in [3.05, 3.63) is 18.0 Å². The fourth-order valence-corrected chi connectivity index (χ4v) is 4.44. The van der Waals surface area contributed by atoms with Gasteiger partial charge in [-0.15, -0.1) is 12.4 Å². The van der Waals surface area contributed by atoms with Gasteiger partial charge in [0.05, 0.1) is 6.04 Å². The molecule has 1 aliphatic carbocycles. The number of hydrogen-bond donors (Lipinski definition) is 1. The Bertz CT molecular complexity index is 558. The molecule has 3 fully saturated rings. The lowest BCUT2D eigenvalue weighted by atomic mass is 10.1. The summed E-state index contributed by atoms with van der Waals surface area (Å²) < 4.78 is 1.98. The fraction of sp³-hybridized carbons (Fsp3) is 0.778. The van der Waals surface area contributed by atoms with E-state index in [1.54, 1.807) is 0 Å². The third-order valence-corrected chi connectivity index (χ3v) is 5.92. The summed E-state index contributed by atoms with van der Waals surface area (Å²) in [6.45, 7) is 5.76. The molecule has 0 spiro atoms. The largest absolute Gasteiger partial charge is 0.335 e. The van der Waals surface area contributed by atoms with Gasteiger partial charge in [-0.2, -0.15) is 5.10 Å². The standard InChI is InChI=1S/C18H29N5O.ClH/c24-18(17-7-9-23(20-17)16-6-3-8-19-14-16)22-12-10-21(11-13-22)15-4-1-2-5-15;/h7,9,15-16,19H,1-6,8,10-14H2;1H. The van der Waals surface area contributed by atoms with Gasteiger partial charge in [-0.05, 0) is 38.3 Å². The highest BCUT2D eigenvalue weighted by Gasteiger charge is 2.29. The maximum Gasteiger partial charge on any atom is 0.274 e. The SMILES string of the molecule is Cl.O=C(c1ccn(C2CCCNC2)n1)N1CCN(C2CCCC2)CC1. The molecule has 1 N–H and O–H groups in total. The predicted molar refractivity (Wildman–Crippen MR) is 100 cm³/mol. The molecule has 7 heteroatoms. The molecule has 0 aromatic carbocycles. The summed E-state index contributed by atoms with van der Waals surface area (Å²) in [5.41, 5.74) is 0.606. The summed E-state index contributed by atoms with van der Waals surface area (Å²) in [5.74, 6) is 0.101. The molecule has 140 valence electrons. The van der Waals surface area contributed by atoms with E-state index >= 15 is 0 Å². The number of carbonyl (C=O) groups is 1. The number of aromatic nitrogens is 2. The molecule has 3 heterocycles. The summed E-state index contributed by atoms with van der Waals surface area (Å²) in [4.78, 5) is 17.3. The van der Waals surface area contributed by atoms with Gasteiger partial charge >= 0.3 is 0 Å². The monoisotopic (exact) mass is 367 g/mol. The van der Waals surface area contributed by atoms with Crippen LogP contribution in [0.1, 0.15) is 55.1 Å². The van der Waals surface area contributed by atoms with Crippen molar-refractivity contribution < 1.29 is 4.79 Å². The predicted octanol–water partition coefficient (Wildman–Crippen LogP) is 1.93. The van der Waals surface area contributed by atoms with Crippen molar-refractivity contribution in [2.24, 2.45) is 0 Å². The Kier molecular flexibility index (Phi) is 6.36. The zero-order chi connectivity index (χ0) is 16.4. The van der Waals surface area contributed by atoms with Gasteiger partial charge in [0, 0.05) is 45.0 Å². The lowest BCUT2D eigenvalue weighted by Crippen LogP contribution is -2.51. The molecule has 1 aromatic rings. The molecule has 1 atom stereocenters. The normalized spacial score (nSPS) is 25.8. The van der Waals surface area contributed by atoms with Crippen molar-refractivity contribution in [3.8, 4) is 0 Å². The second-order valence-electron chi connectivity index (χ2n) is 7.45. The van der Waals surface area contributed by atoms with Gasteiger partial charge in [0.1, 0.15) is 5.69 Å². The number of piperidine rings is 1. The molecule has 4 rings (SSSR count). The first kappa shape index (κ1) is 18.7.